The molecule has 0 unspecified atom stereocenters. The number of hydrogen-bond donors (Lipinski definition) is 3. The molecule has 0 fully saturated rings. The van der Waals surface area contributed by atoms with Crippen LogP contribution in [0.5, 0.6) is 0 Å². The van der Waals surface area contributed by atoms with Crippen molar-refractivity contribution in [2.45, 2.75) is 90.9 Å². The Kier molecular flexibility index (Phi) is 19.6. The van der Waals surface area contributed by atoms with Crippen molar-refractivity contribution >= 4 is 28.4 Å². The second-order valence-electron chi connectivity index (χ2n) is 13.6. The lowest BCUT2D eigenvalue weighted by atomic mass is 10.2. The van der Waals surface area contributed by atoms with E-state index in [2.05, 4.69) is 5.32 Å². The lowest BCUT2D eigenvalue weighted by Gasteiger charge is -2.31. The molecule has 0 radical (unpaired) electrons. The standard InChI is InChI=1S/C25H49N3O9.C7H8O3S/c1-23(2,3)35-20(30)26-10-11-27(21(31)36-24(4,5)6)12-13-28(22(32)37-25(7,8)9)14-16-33-18-19-34-17-15-29;1-6-2-4-7(5-3-6)11(8,9)10/h29H,10-19H2,1-9H3,(H,26,30);2-5H,1H3,(H,8,9,10). The molecule has 3 N–H and O–H groups in total. The van der Waals surface area contributed by atoms with E-state index in [-0.39, 0.29) is 57.4 Å². The molecular weight excluding hydrogens is 650 g/mol. The maximum absolute atomic E-state index is 12.8. The van der Waals surface area contributed by atoms with E-state index in [4.69, 9.17) is 33.3 Å². The summed E-state index contributed by atoms with van der Waals surface area (Å²) in [4.78, 5) is 40.4. The predicted molar refractivity (Wildman–Crippen MR) is 180 cm³/mol. The number of amides is 3. The number of benzene rings is 1. The summed E-state index contributed by atoms with van der Waals surface area (Å²) in [6.07, 6.45) is -1.70. The first-order valence-electron chi connectivity index (χ1n) is 15.7. The Morgan fingerprint density at radius 1 is 0.688 bits per heavy atom. The van der Waals surface area contributed by atoms with Crippen molar-refractivity contribution in [2.24, 2.45) is 0 Å². The average molecular weight is 708 g/mol. The minimum atomic E-state index is -4.02. The third kappa shape index (κ3) is 24.0. The molecule has 1 aromatic rings. The highest BCUT2D eigenvalue weighted by Crippen LogP contribution is 2.13. The van der Waals surface area contributed by atoms with Crippen molar-refractivity contribution < 1.29 is 56.1 Å². The van der Waals surface area contributed by atoms with Crippen LogP contribution in [0.4, 0.5) is 14.4 Å². The normalized spacial score (nSPS) is 11.9. The monoisotopic (exact) mass is 707 g/mol. The molecule has 0 aliphatic rings. The molecule has 0 aromatic heterocycles. The molecule has 0 saturated heterocycles. The van der Waals surface area contributed by atoms with Gasteiger partial charge < -0.3 is 43.9 Å². The van der Waals surface area contributed by atoms with Crippen LogP contribution < -0.4 is 5.32 Å². The molecule has 278 valence electrons. The van der Waals surface area contributed by atoms with Crippen LogP contribution in [0.1, 0.15) is 67.9 Å². The summed E-state index contributed by atoms with van der Waals surface area (Å²) < 4.78 is 56.5. The average Bonchev–Trinajstić information content (AvgIpc) is 2.90. The number of alkyl carbamates (subject to hydrolysis) is 1. The first-order chi connectivity index (χ1) is 21.9. The van der Waals surface area contributed by atoms with Gasteiger partial charge in [-0.3, -0.25) is 4.55 Å². The fourth-order valence-electron chi connectivity index (χ4n) is 3.36. The van der Waals surface area contributed by atoms with Crippen LogP contribution in [0.15, 0.2) is 29.2 Å². The number of rotatable bonds is 15. The summed E-state index contributed by atoms with van der Waals surface area (Å²) in [5, 5.41) is 11.4. The predicted octanol–water partition coefficient (Wildman–Crippen LogP) is 4.25. The lowest BCUT2D eigenvalue weighted by Crippen LogP contribution is -2.47. The van der Waals surface area contributed by atoms with E-state index >= 15 is 0 Å². The van der Waals surface area contributed by atoms with Gasteiger partial charge in [-0.05, 0) is 81.4 Å². The third-order valence-electron chi connectivity index (χ3n) is 5.43. The molecular formula is C32H57N3O12S. The molecule has 0 heterocycles. The fourth-order valence-corrected chi connectivity index (χ4v) is 3.84. The summed E-state index contributed by atoms with van der Waals surface area (Å²) in [5.74, 6) is 0. The van der Waals surface area contributed by atoms with Gasteiger partial charge in [0.15, 0.2) is 0 Å². The summed E-state index contributed by atoms with van der Waals surface area (Å²) >= 11 is 0. The third-order valence-corrected chi connectivity index (χ3v) is 6.29. The Labute approximate surface area is 285 Å². The molecule has 0 bridgehead atoms. The quantitative estimate of drug-likeness (QED) is 0.134. The number of aryl methyl sites for hydroxylation is 1. The van der Waals surface area contributed by atoms with E-state index in [0.717, 1.165) is 5.56 Å². The molecule has 15 nitrogen and oxygen atoms in total. The van der Waals surface area contributed by atoms with Crippen LogP contribution in [-0.4, -0.2) is 129 Å². The molecule has 0 atom stereocenters. The molecule has 3 amide bonds. The number of aliphatic hydroxyl groups is 1. The Hall–Kier alpha value is -3.18. The van der Waals surface area contributed by atoms with Crippen molar-refractivity contribution in [3.05, 3.63) is 29.8 Å². The molecule has 1 rings (SSSR count). The zero-order chi connectivity index (χ0) is 37.2. The second kappa shape index (κ2) is 21.0. The molecule has 0 spiro atoms. The number of aliphatic hydroxyl groups excluding tert-OH is 1. The van der Waals surface area contributed by atoms with Crippen molar-refractivity contribution in [3.8, 4) is 0 Å². The fraction of sp³-hybridized carbons (Fsp3) is 0.719. The molecule has 16 heteroatoms. The maximum atomic E-state index is 12.8. The Morgan fingerprint density at radius 2 is 1.12 bits per heavy atom. The molecule has 0 saturated carbocycles. The smallest absolute Gasteiger partial charge is 0.410 e. The largest absolute Gasteiger partial charge is 0.444 e. The van der Waals surface area contributed by atoms with E-state index in [1.54, 1.807) is 74.4 Å². The Bertz CT molecular complexity index is 1200. The minimum absolute atomic E-state index is 0.0616. The highest BCUT2D eigenvalue weighted by atomic mass is 32.2. The highest BCUT2D eigenvalue weighted by Gasteiger charge is 2.26. The summed E-state index contributed by atoms with van der Waals surface area (Å²) in [6, 6.07) is 5.99. The molecule has 0 aliphatic carbocycles. The highest BCUT2D eigenvalue weighted by molar-refractivity contribution is 7.85. The zero-order valence-corrected chi connectivity index (χ0v) is 31.0. The number of hydrogen-bond acceptors (Lipinski definition) is 11. The first-order valence-corrected chi connectivity index (χ1v) is 17.1. The Morgan fingerprint density at radius 3 is 1.54 bits per heavy atom. The van der Waals surface area contributed by atoms with Crippen LogP contribution in [0.3, 0.4) is 0 Å². The van der Waals surface area contributed by atoms with E-state index in [9.17, 15) is 22.8 Å². The van der Waals surface area contributed by atoms with Crippen molar-refractivity contribution in [1.82, 2.24) is 15.1 Å². The van der Waals surface area contributed by atoms with E-state index in [0.29, 0.717) is 13.2 Å². The van der Waals surface area contributed by atoms with Gasteiger partial charge in [0.05, 0.1) is 37.9 Å². The van der Waals surface area contributed by atoms with Gasteiger partial charge in [-0.25, -0.2) is 14.4 Å². The minimum Gasteiger partial charge on any atom is -0.444 e. The molecule has 48 heavy (non-hydrogen) atoms. The molecule has 0 aliphatic heterocycles. The maximum Gasteiger partial charge on any atom is 0.410 e. The van der Waals surface area contributed by atoms with Crippen molar-refractivity contribution in [1.29, 1.82) is 0 Å². The van der Waals surface area contributed by atoms with Gasteiger partial charge in [0.1, 0.15) is 16.8 Å². The summed E-state index contributed by atoms with van der Waals surface area (Å²) in [7, 11) is -4.02. The zero-order valence-electron chi connectivity index (χ0n) is 30.2. The number of carbonyl (C=O) groups excluding carboxylic acids is 3. The number of nitrogens with zero attached hydrogens (tertiary/aromatic N) is 2. The topological polar surface area (TPSA) is 190 Å². The van der Waals surface area contributed by atoms with Crippen LogP contribution in [0.2, 0.25) is 0 Å². The van der Waals surface area contributed by atoms with Crippen LogP contribution >= 0.6 is 0 Å². The van der Waals surface area contributed by atoms with Gasteiger partial charge in [-0.1, -0.05) is 17.7 Å². The van der Waals surface area contributed by atoms with E-state index < -0.39 is 45.2 Å². The SMILES string of the molecule is CC(C)(C)OC(=O)NCCN(CCN(CCOCCOCCO)C(=O)OC(C)(C)C)C(=O)OC(C)(C)C.Cc1ccc(S(=O)(=O)O)cc1. The first kappa shape index (κ1) is 44.8. The van der Waals surface area contributed by atoms with Gasteiger partial charge in [0.25, 0.3) is 10.1 Å². The number of nitrogens with one attached hydrogen (secondary N) is 1. The van der Waals surface area contributed by atoms with Crippen molar-refractivity contribution in [2.75, 3.05) is 65.8 Å². The van der Waals surface area contributed by atoms with Crippen LogP contribution in [-0.2, 0) is 33.8 Å². The molecule has 1 aromatic carbocycles. The van der Waals surface area contributed by atoms with Crippen LogP contribution in [0, 0.1) is 6.92 Å². The number of ether oxygens (including phenoxy) is 5. The number of carbonyl (C=O) groups is 3. The summed E-state index contributed by atoms with van der Waals surface area (Å²) in [5.41, 5.74) is -1.10. The van der Waals surface area contributed by atoms with Gasteiger partial charge in [0, 0.05) is 32.7 Å². The van der Waals surface area contributed by atoms with Crippen molar-refractivity contribution in [3.63, 3.8) is 0 Å². The Balaban J connectivity index is 0.00000168. The van der Waals surface area contributed by atoms with Gasteiger partial charge in [-0.2, -0.15) is 8.42 Å². The van der Waals surface area contributed by atoms with Crippen LogP contribution in [0.25, 0.3) is 0 Å². The van der Waals surface area contributed by atoms with Gasteiger partial charge in [0.2, 0.25) is 0 Å². The van der Waals surface area contributed by atoms with E-state index in [1.165, 1.54) is 21.9 Å². The van der Waals surface area contributed by atoms with Gasteiger partial charge in [-0.15, -0.1) is 0 Å². The lowest BCUT2D eigenvalue weighted by molar-refractivity contribution is 0.00250. The van der Waals surface area contributed by atoms with E-state index in [1.807, 2.05) is 6.92 Å². The second-order valence-corrected chi connectivity index (χ2v) is 15.0. The van der Waals surface area contributed by atoms with Gasteiger partial charge >= 0.3 is 18.3 Å². The summed E-state index contributed by atoms with van der Waals surface area (Å²) in [6.45, 7) is 19.6.